The van der Waals surface area contributed by atoms with Gasteiger partial charge in [-0.25, -0.2) is 0 Å². The van der Waals surface area contributed by atoms with E-state index in [2.05, 4.69) is 26.0 Å². The molecular weight excluding hydrogens is 260 g/mol. The predicted octanol–water partition coefficient (Wildman–Crippen LogP) is 4.29. The Morgan fingerprint density at radius 1 is 0.950 bits per heavy atom. The summed E-state index contributed by atoms with van der Waals surface area (Å²) in [7, 11) is 0. The second kappa shape index (κ2) is 16.5. The lowest BCUT2D eigenvalue weighted by Crippen LogP contribution is -1.93. The van der Waals surface area contributed by atoms with E-state index in [9.17, 15) is 4.79 Å². The average Bonchev–Trinajstić information content (AvgIpc) is 2.39. The minimum absolute atomic E-state index is 0. The number of aryl methyl sites for hydroxylation is 1. The molecule has 0 aliphatic carbocycles. The minimum Gasteiger partial charge on any atom is -0.481 e. The molecule has 0 aliphatic rings. The van der Waals surface area contributed by atoms with E-state index in [1.807, 2.05) is 18.2 Å². The quantitative estimate of drug-likeness (QED) is 0.573. The van der Waals surface area contributed by atoms with Crippen molar-refractivity contribution in [3.8, 4) is 0 Å². The first-order valence-electron chi connectivity index (χ1n) is 7.40. The number of aliphatic carboxylic acids is 1. The zero-order chi connectivity index (χ0) is 14.3. The molecule has 0 radical (unpaired) electrons. The molecule has 0 bridgehead atoms. The molecule has 1 rings (SSSR count). The predicted molar refractivity (Wildman–Crippen MR) is 90.0 cm³/mol. The Hall–Kier alpha value is -0.544. The van der Waals surface area contributed by atoms with Crippen molar-refractivity contribution in [2.75, 3.05) is 0 Å². The molecule has 1 N–H and O–H groups in total. The summed E-state index contributed by atoms with van der Waals surface area (Å²) in [6, 6.07) is 10.3. The summed E-state index contributed by atoms with van der Waals surface area (Å²) >= 11 is 0. The first-order valence-corrected chi connectivity index (χ1v) is 7.40. The maximum absolute atomic E-state index is 10.1. The molecule has 3 heteroatoms. The van der Waals surface area contributed by atoms with Crippen LogP contribution in [0.25, 0.3) is 0 Å². The zero-order valence-electron chi connectivity index (χ0n) is 12.4. The number of hydrogen-bond acceptors (Lipinski definition) is 1. The highest BCUT2D eigenvalue weighted by Crippen LogP contribution is 2.07. The van der Waals surface area contributed by atoms with Gasteiger partial charge in [-0.3, -0.25) is 4.79 Å². The molecule has 2 nitrogen and oxygen atoms in total. The van der Waals surface area contributed by atoms with E-state index >= 15 is 0 Å². The van der Waals surface area contributed by atoms with E-state index in [1.165, 1.54) is 37.7 Å². The van der Waals surface area contributed by atoms with Gasteiger partial charge < -0.3 is 5.11 Å². The molecule has 0 aliphatic heterocycles. The van der Waals surface area contributed by atoms with Crippen LogP contribution < -0.4 is 0 Å². The van der Waals surface area contributed by atoms with Crippen molar-refractivity contribution < 1.29 is 9.90 Å². The number of rotatable bonds is 8. The normalized spacial score (nSPS) is 9.10. The lowest BCUT2D eigenvalue weighted by atomic mass is 10.1. The monoisotopic (exact) mass is 290 g/mol. The molecule has 1 aromatic carbocycles. The second-order valence-corrected chi connectivity index (χ2v) is 4.92. The van der Waals surface area contributed by atoms with Gasteiger partial charge in [0.25, 0.3) is 0 Å². The summed E-state index contributed by atoms with van der Waals surface area (Å²) in [6.07, 6.45) is 8.64. The molecule has 112 valence electrons. The van der Waals surface area contributed by atoms with Crippen molar-refractivity contribution in [2.24, 2.45) is 0 Å². The molecule has 0 heterocycles. The summed E-state index contributed by atoms with van der Waals surface area (Å²) in [6.45, 7) is 4.28. The van der Waals surface area contributed by atoms with Crippen LogP contribution in [-0.4, -0.2) is 34.1 Å². The highest BCUT2D eigenvalue weighted by molar-refractivity contribution is 5.75. The molecule has 0 saturated heterocycles. The van der Waals surface area contributed by atoms with Crippen LogP contribution >= 0.6 is 0 Å². The number of benzene rings is 1. The summed E-state index contributed by atoms with van der Waals surface area (Å²) < 4.78 is 0. The molecule has 0 aromatic heterocycles. The lowest BCUT2D eigenvalue weighted by Gasteiger charge is -1.98. The van der Waals surface area contributed by atoms with Crippen LogP contribution in [0.1, 0.15) is 63.9 Å². The molecule has 0 spiro atoms. The van der Waals surface area contributed by atoms with Crippen LogP contribution in [0.4, 0.5) is 0 Å². The van der Waals surface area contributed by atoms with Crippen LogP contribution in [0.15, 0.2) is 30.3 Å². The third-order valence-electron chi connectivity index (χ3n) is 2.93. The first-order chi connectivity index (χ1) is 9.16. The van der Waals surface area contributed by atoms with Gasteiger partial charge in [-0.05, 0) is 13.3 Å². The standard InChI is InChI=1S/C10H20O2.C7H8.Mg.2H/c1-2-3-4-5-6-7-8-9-10(11)12;1-7-5-3-2-4-6-7;;;/h2-9H2,1H3,(H,11,12);2-6H,1H3;;;. The van der Waals surface area contributed by atoms with Gasteiger partial charge in [0, 0.05) is 6.42 Å². The van der Waals surface area contributed by atoms with Crippen LogP contribution in [0.5, 0.6) is 0 Å². The lowest BCUT2D eigenvalue weighted by molar-refractivity contribution is -0.137. The Kier molecular flexibility index (Phi) is 18.0. The smallest absolute Gasteiger partial charge is 0.316 e. The molecule has 1 aromatic rings. The van der Waals surface area contributed by atoms with E-state index in [0.29, 0.717) is 6.42 Å². The van der Waals surface area contributed by atoms with Crippen LogP contribution in [0.3, 0.4) is 0 Å². The van der Waals surface area contributed by atoms with Crippen molar-refractivity contribution in [3.05, 3.63) is 35.9 Å². The maximum Gasteiger partial charge on any atom is 0.316 e. The Balaban J connectivity index is 0. The van der Waals surface area contributed by atoms with Crippen LogP contribution in [0, 0.1) is 6.92 Å². The van der Waals surface area contributed by atoms with Gasteiger partial charge >= 0.3 is 29.0 Å². The van der Waals surface area contributed by atoms with Crippen molar-refractivity contribution >= 4 is 29.0 Å². The van der Waals surface area contributed by atoms with E-state index < -0.39 is 5.97 Å². The number of carboxylic acids is 1. The average molecular weight is 291 g/mol. The van der Waals surface area contributed by atoms with Crippen molar-refractivity contribution in [1.29, 1.82) is 0 Å². The topological polar surface area (TPSA) is 37.3 Å². The molecule has 0 amide bonds. The third-order valence-corrected chi connectivity index (χ3v) is 2.93. The Morgan fingerprint density at radius 2 is 1.45 bits per heavy atom. The van der Waals surface area contributed by atoms with Crippen molar-refractivity contribution in [1.82, 2.24) is 0 Å². The Labute approximate surface area is 140 Å². The fourth-order valence-corrected chi connectivity index (χ4v) is 1.77. The van der Waals surface area contributed by atoms with Crippen molar-refractivity contribution in [2.45, 2.75) is 65.2 Å². The minimum atomic E-state index is -0.663. The number of carboxylic acid groups (broad SMARTS) is 1. The van der Waals surface area contributed by atoms with Gasteiger partial charge in [0.1, 0.15) is 0 Å². The molecule has 0 saturated carbocycles. The SMILES string of the molecule is CCCCCCCCCC(=O)O.Cc1ccccc1.[MgH2]. The van der Waals surface area contributed by atoms with Crippen LogP contribution in [0.2, 0.25) is 0 Å². The number of carbonyl (C=O) groups is 1. The highest BCUT2D eigenvalue weighted by atomic mass is 24.3. The van der Waals surface area contributed by atoms with E-state index in [4.69, 9.17) is 5.11 Å². The van der Waals surface area contributed by atoms with Gasteiger partial charge in [0.05, 0.1) is 0 Å². The fraction of sp³-hybridized carbons (Fsp3) is 0.588. The molecule has 0 unspecified atom stereocenters. The maximum atomic E-state index is 10.1. The molecular formula is C17H30MgO2. The summed E-state index contributed by atoms with van der Waals surface area (Å²) in [5.74, 6) is -0.663. The Morgan fingerprint density at radius 3 is 1.85 bits per heavy atom. The summed E-state index contributed by atoms with van der Waals surface area (Å²) in [5, 5.41) is 8.35. The number of unbranched alkanes of at least 4 members (excludes halogenated alkanes) is 6. The van der Waals surface area contributed by atoms with Gasteiger partial charge in [0.15, 0.2) is 0 Å². The summed E-state index contributed by atoms with van der Waals surface area (Å²) in [4.78, 5) is 10.1. The van der Waals surface area contributed by atoms with Crippen LogP contribution in [-0.2, 0) is 4.79 Å². The molecule has 0 atom stereocenters. The van der Waals surface area contributed by atoms with E-state index in [0.717, 1.165) is 12.8 Å². The van der Waals surface area contributed by atoms with Gasteiger partial charge in [-0.15, -0.1) is 0 Å². The summed E-state index contributed by atoms with van der Waals surface area (Å²) in [5.41, 5.74) is 1.32. The van der Waals surface area contributed by atoms with Gasteiger partial charge in [-0.1, -0.05) is 81.3 Å². The van der Waals surface area contributed by atoms with Crippen molar-refractivity contribution in [3.63, 3.8) is 0 Å². The first kappa shape index (κ1) is 21.7. The molecule has 0 fully saturated rings. The molecule has 20 heavy (non-hydrogen) atoms. The Bertz CT molecular complexity index is 312. The third kappa shape index (κ3) is 17.5. The van der Waals surface area contributed by atoms with E-state index in [1.54, 1.807) is 0 Å². The zero-order valence-corrected chi connectivity index (χ0v) is 12.4. The second-order valence-electron chi connectivity index (χ2n) is 4.92. The largest absolute Gasteiger partial charge is 0.481 e. The number of hydrogen-bond donors (Lipinski definition) is 1. The van der Waals surface area contributed by atoms with Gasteiger partial charge in [0.2, 0.25) is 0 Å². The fourth-order valence-electron chi connectivity index (χ4n) is 1.77. The van der Waals surface area contributed by atoms with Gasteiger partial charge in [-0.2, -0.15) is 0 Å². The highest BCUT2D eigenvalue weighted by Gasteiger charge is 1.95. The van der Waals surface area contributed by atoms with E-state index in [-0.39, 0.29) is 23.1 Å².